The van der Waals surface area contributed by atoms with Crippen molar-refractivity contribution in [3.05, 3.63) is 77.3 Å². The molecular weight excluding hydrogens is 526 g/mol. The second-order valence-electron chi connectivity index (χ2n) is 11.0. The summed E-state index contributed by atoms with van der Waals surface area (Å²) in [6.45, 7) is 7.15. The Bertz CT molecular complexity index is 1480. The molecule has 2 aromatic heterocycles. The number of nitrogens with zero attached hydrogens (tertiary/aromatic N) is 2. The van der Waals surface area contributed by atoms with E-state index in [9.17, 15) is 9.59 Å². The fraction of sp³-hybridized carbons (Fsp3) is 0.355. The quantitative estimate of drug-likeness (QED) is 0.267. The topological polar surface area (TPSA) is 82.0 Å². The van der Waals surface area contributed by atoms with Crippen molar-refractivity contribution in [1.82, 2.24) is 9.47 Å². The van der Waals surface area contributed by atoms with Crippen molar-refractivity contribution in [1.29, 1.82) is 0 Å². The molecule has 0 spiro atoms. The van der Waals surface area contributed by atoms with E-state index in [2.05, 4.69) is 5.32 Å². The van der Waals surface area contributed by atoms with E-state index in [0.717, 1.165) is 34.4 Å². The molecule has 1 unspecified atom stereocenters. The van der Waals surface area contributed by atoms with Gasteiger partial charge >= 0.3 is 6.09 Å². The number of carbonyl (C=O) groups excluding carboxylic acids is 2. The maximum absolute atomic E-state index is 12.9. The van der Waals surface area contributed by atoms with Crippen LogP contribution >= 0.6 is 11.3 Å². The number of aryl methyl sites for hydroxylation is 1. The highest BCUT2D eigenvalue weighted by Gasteiger charge is 2.28. The SMILES string of the molecule is Cn1c(C(=O)Nc2cccc(COc3ccc(OC4CCCN(C(=O)OC(C)(C)C)C4)cc3)c2)cc2sccc21. The summed E-state index contributed by atoms with van der Waals surface area (Å²) in [6.07, 6.45) is 1.37. The van der Waals surface area contributed by atoms with Crippen molar-refractivity contribution < 1.29 is 23.8 Å². The molecule has 1 N–H and O–H groups in total. The van der Waals surface area contributed by atoms with E-state index >= 15 is 0 Å². The smallest absolute Gasteiger partial charge is 0.410 e. The summed E-state index contributed by atoms with van der Waals surface area (Å²) in [5.41, 5.74) is 2.81. The van der Waals surface area contributed by atoms with Crippen LogP contribution in [0.1, 0.15) is 49.7 Å². The second-order valence-corrected chi connectivity index (χ2v) is 11.9. The number of thiophene rings is 1. The summed E-state index contributed by atoms with van der Waals surface area (Å²) in [4.78, 5) is 27.0. The summed E-state index contributed by atoms with van der Waals surface area (Å²) in [6, 6.07) is 19.1. The highest BCUT2D eigenvalue weighted by Crippen LogP contribution is 2.26. The Morgan fingerprint density at radius 2 is 1.82 bits per heavy atom. The lowest BCUT2D eigenvalue weighted by atomic mass is 10.1. The van der Waals surface area contributed by atoms with Crippen LogP contribution in [0.15, 0.2) is 66.0 Å². The van der Waals surface area contributed by atoms with Gasteiger partial charge in [0.1, 0.15) is 35.5 Å². The van der Waals surface area contributed by atoms with Crippen LogP contribution < -0.4 is 14.8 Å². The van der Waals surface area contributed by atoms with Crippen LogP contribution in [0.4, 0.5) is 10.5 Å². The fourth-order valence-corrected chi connectivity index (χ4v) is 5.55. The lowest BCUT2D eigenvalue weighted by Gasteiger charge is -2.34. The van der Waals surface area contributed by atoms with Gasteiger partial charge in [-0.2, -0.15) is 0 Å². The van der Waals surface area contributed by atoms with E-state index in [1.165, 1.54) is 0 Å². The first-order valence-corrected chi connectivity index (χ1v) is 14.3. The minimum absolute atomic E-state index is 0.0854. The summed E-state index contributed by atoms with van der Waals surface area (Å²) < 4.78 is 20.6. The number of likely N-dealkylation sites (tertiary alicyclic amines) is 1. The lowest BCUT2D eigenvalue weighted by molar-refractivity contribution is 0.00775. The number of ether oxygens (including phenoxy) is 3. The number of rotatable bonds is 7. The zero-order valence-corrected chi connectivity index (χ0v) is 24.1. The molecule has 8 nitrogen and oxygen atoms in total. The van der Waals surface area contributed by atoms with Crippen molar-refractivity contribution in [3.63, 3.8) is 0 Å². The number of nitrogens with one attached hydrogen (secondary N) is 1. The van der Waals surface area contributed by atoms with Crippen molar-refractivity contribution in [2.24, 2.45) is 7.05 Å². The van der Waals surface area contributed by atoms with Crippen LogP contribution in [0.5, 0.6) is 11.5 Å². The standard InChI is InChI=1S/C31H35N3O5S/c1-31(2,3)39-30(36)34-15-6-9-25(19-34)38-24-12-10-23(11-13-24)37-20-21-7-5-8-22(17-21)32-29(35)27-18-28-26(33(27)4)14-16-40-28/h5,7-8,10-14,16-18,25H,6,9,15,19-20H2,1-4H3,(H,32,35). The molecule has 0 radical (unpaired) electrons. The van der Waals surface area contributed by atoms with E-state index < -0.39 is 5.60 Å². The number of benzene rings is 2. The van der Waals surface area contributed by atoms with Crippen LogP contribution in [0.25, 0.3) is 10.2 Å². The molecule has 4 aromatic rings. The molecule has 1 fully saturated rings. The van der Waals surface area contributed by atoms with Crippen LogP contribution in [0.2, 0.25) is 0 Å². The predicted molar refractivity (Wildman–Crippen MR) is 157 cm³/mol. The van der Waals surface area contributed by atoms with Crippen LogP contribution in [0.3, 0.4) is 0 Å². The molecule has 40 heavy (non-hydrogen) atoms. The van der Waals surface area contributed by atoms with Gasteiger partial charge in [0.2, 0.25) is 0 Å². The van der Waals surface area contributed by atoms with Gasteiger partial charge in [0.15, 0.2) is 0 Å². The average molecular weight is 562 g/mol. The molecule has 0 saturated carbocycles. The predicted octanol–water partition coefficient (Wildman–Crippen LogP) is 6.85. The third-order valence-corrected chi connectivity index (χ3v) is 7.50. The van der Waals surface area contributed by atoms with Crippen LogP contribution in [-0.2, 0) is 18.4 Å². The molecule has 210 valence electrons. The third-order valence-electron chi connectivity index (χ3n) is 6.64. The van der Waals surface area contributed by atoms with E-state index in [-0.39, 0.29) is 18.1 Å². The van der Waals surface area contributed by atoms with Crippen molar-refractivity contribution >= 4 is 39.2 Å². The Kier molecular flexibility index (Phi) is 8.02. The lowest BCUT2D eigenvalue weighted by Crippen LogP contribution is -2.46. The van der Waals surface area contributed by atoms with E-state index in [0.29, 0.717) is 36.8 Å². The number of fused-ring (bicyclic) bond motifs is 1. The van der Waals surface area contributed by atoms with Crippen molar-refractivity contribution in [2.45, 2.75) is 51.9 Å². The van der Waals surface area contributed by atoms with Crippen LogP contribution in [-0.4, -0.2) is 46.3 Å². The second kappa shape index (κ2) is 11.6. The highest BCUT2D eigenvalue weighted by molar-refractivity contribution is 7.17. The first kappa shape index (κ1) is 27.6. The molecule has 2 aromatic carbocycles. The third kappa shape index (κ3) is 6.77. The Morgan fingerprint density at radius 3 is 2.58 bits per heavy atom. The maximum Gasteiger partial charge on any atom is 0.410 e. The number of amides is 2. The highest BCUT2D eigenvalue weighted by atomic mass is 32.1. The van der Waals surface area contributed by atoms with E-state index in [1.54, 1.807) is 16.2 Å². The number of aromatic nitrogens is 1. The van der Waals surface area contributed by atoms with Gasteiger partial charge in [-0.15, -0.1) is 11.3 Å². The van der Waals surface area contributed by atoms with Crippen LogP contribution in [0, 0.1) is 0 Å². The van der Waals surface area contributed by atoms with E-state index in [4.69, 9.17) is 14.2 Å². The van der Waals surface area contributed by atoms with E-state index in [1.807, 2.05) is 98.4 Å². The first-order chi connectivity index (χ1) is 19.1. The summed E-state index contributed by atoms with van der Waals surface area (Å²) >= 11 is 1.62. The zero-order chi connectivity index (χ0) is 28.3. The van der Waals surface area contributed by atoms with Gasteiger partial charge in [0.25, 0.3) is 5.91 Å². The minimum Gasteiger partial charge on any atom is -0.489 e. The Labute approximate surface area is 238 Å². The number of hydrogen-bond donors (Lipinski definition) is 1. The molecular formula is C31H35N3O5S. The summed E-state index contributed by atoms with van der Waals surface area (Å²) in [5, 5.41) is 5.02. The number of piperidine rings is 1. The molecule has 0 bridgehead atoms. The molecule has 1 aliphatic rings. The maximum atomic E-state index is 12.9. The molecule has 1 atom stereocenters. The molecule has 5 rings (SSSR count). The zero-order valence-electron chi connectivity index (χ0n) is 23.3. The van der Waals surface area contributed by atoms with Gasteiger partial charge in [-0.25, -0.2) is 4.79 Å². The van der Waals surface area contributed by atoms with Crippen molar-refractivity contribution in [3.8, 4) is 11.5 Å². The Balaban J connectivity index is 1.12. The van der Waals surface area contributed by atoms with Gasteiger partial charge in [-0.1, -0.05) is 12.1 Å². The minimum atomic E-state index is -0.519. The fourth-order valence-electron chi connectivity index (χ4n) is 4.70. The van der Waals surface area contributed by atoms with Gasteiger partial charge < -0.3 is 29.0 Å². The molecule has 1 saturated heterocycles. The summed E-state index contributed by atoms with van der Waals surface area (Å²) in [5.74, 6) is 1.30. The molecule has 9 heteroatoms. The molecule has 2 amide bonds. The number of anilines is 1. The van der Waals surface area contributed by atoms with Gasteiger partial charge in [0, 0.05) is 19.3 Å². The van der Waals surface area contributed by atoms with Gasteiger partial charge in [0.05, 0.1) is 16.8 Å². The van der Waals surface area contributed by atoms with Gasteiger partial charge in [-0.05, 0) is 93.1 Å². The number of carbonyl (C=O) groups is 2. The summed E-state index contributed by atoms with van der Waals surface area (Å²) in [7, 11) is 1.90. The molecule has 3 heterocycles. The molecule has 1 aliphatic heterocycles. The van der Waals surface area contributed by atoms with Gasteiger partial charge in [-0.3, -0.25) is 4.79 Å². The average Bonchev–Trinajstić information content (AvgIpc) is 3.50. The van der Waals surface area contributed by atoms with Crippen molar-refractivity contribution in [2.75, 3.05) is 18.4 Å². The number of hydrogen-bond acceptors (Lipinski definition) is 6. The Morgan fingerprint density at radius 1 is 1.05 bits per heavy atom. The monoisotopic (exact) mass is 561 g/mol. The molecule has 0 aliphatic carbocycles. The first-order valence-electron chi connectivity index (χ1n) is 13.5. The normalized spacial score (nSPS) is 15.6. The Hall–Kier alpha value is -3.98. The largest absolute Gasteiger partial charge is 0.489 e.